The Bertz CT molecular complexity index is 903. The van der Waals surface area contributed by atoms with Gasteiger partial charge in [-0.05, 0) is 48.0 Å². The molecule has 0 bridgehead atoms. The van der Waals surface area contributed by atoms with Crippen LogP contribution in [0.1, 0.15) is 15.9 Å². The maximum absolute atomic E-state index is 12.2. The molecule has 0 aliphatic heterocycles. The number of hydrogen-bond donors (Lipinski definition) is 0. The van der Waals surface area contributed by atoms with Gasteiger partial charge in [0, 0.05) is 17.1 Å². The summed E-state index contributed by atoms with van der Waals surface area (Å²) in [6.45, 7) is 0. The van der Waals surface area contributed by atoms with E-state index in [9.17, 15) is 4.79 Å². The number of hydrogen-bond acceptors (Lipinski definition) is 3. The molecular weight excluding hydrogens is 310 g/mol. The molecule has 4 heteroatoms. The monoisotopic (exact) mass is 323 g/mol. The number of benzene rings is 2. The third-order valence-electron chi connectivity index (χ3n) is 3.48. The van der Waals surface area contributed by atoms with E-state index in [0.717, 1.165) is 16.5 Å². The van der Waals surface area contributed by atoms with Crippen LogP contribution < -0.4 is 4.74 Å². The van der Waals surface area contributed by atoms with E-state index < -0.39 is 0 Å². The van der Waals surface area contributed by atoms with Gasteiger partial charge in [0.2, 0.25) is 0 Å². The summed E-state index contributed by atoms with van der Waals surface area (Å²) in [4.78, 5) is 16.6. The molecule has 3 rings (SSSR count). The van der Waals surface area contributed by atoms with Crippen LogP contribution in [0.2, 0.25) is 5.02 Å². The lowest BCUT2D eigenvalue weighted by molar-refractivity contribution is 0.104. The van der Waals surface area contributed by atoms with Crippen LogP contribution in [-0.2, 0) is 0 Å². The van der Waals surface area contributed by atoms with Crippen LogP contribution in [0, 0.1) is 0 Å². The Morgan fingerprint density at radius 3 is 2.78 bits per heavy atom. The minimum absolute atomic E-state index is 0.122. The molecular formula is C19H14ClNO2. The summed E-state index contributed by atoms with van der Waals surface area (Å²) in [6, 6.07) is 14.8. The lowest BCUT2D eigenvalue weighted by Crippen LogP contribution is -1.95. The van der Waals surface area contributed by atoms with Crippen molar-refractivity contribution in [3.63, 3.8) is 0 Å². The number of para-hydroxylation sites is 1. The van der Waals surface area contributed by atoms with Crippen LogP contribution >= 0.6 is 11.6 Å². The molecule has 0 unspecified atom stereocenters. The molecule has 0 N–H and O–H groups in total. The number of pyridine rings is 1. The molecule has 0 radical (unpaired) electrons. The highest BCUT2D eigenvalue weighted by Gasteiger charge is 2.06. The van der Waals surface area contributed by atoms with Crippen LogP contribution in [0.15, 0.2) is 60.8 Å². The second-order valence-electron chi connectivity index (χ2n) is 5.01. The fourth-order valence-electron chi connectivity index (χ4n) is 2.27. The quantitative estimate of drug-likeness (QED) is 0.511. The van der Waals surface area contributed by atoms with Crippen molar-refractivity contribution in [3.8, 4) is 5.75 Å². The minimum atomic E-state index is -0.122. The zero-order valence-corrected chi connectivity index (χ0v) is 13.2. The van der Waals surface area contributed by atoms with Crippen molar-refractivity contribution in [2.24, 2.45) is 0 Å². The number of carbonyl (C=O) groups excluding carboxylic acids is 1. The van der Waals surface area contributed by atoms with E-state index in [4.69, 9.17) is 16.3 Å². The number of halogens is 1. The lowest BCUT2D eigenvalue weighted by Gasteiger charge is -2.03. The Kier molecular flexibility index (Phi) is 4.40. The van der Waals surface area contributed by atoms with Gasteiger partial charge in [0.15, 0.2) is 5.78 Å². The molecule has 0 spiro atoms. The van der Waals surface area contributed by atoms with E-state index >= 15 is 0 Å². The second-order valence-corrected chi connectivity index (χ2v) is 5.42. The Labute approximate surface area is 139 Å². The molecule has 0 amide bonds. The average Bonchev–Trinajstić information content (AvgIpc) is 2.59. The number of ketones is 1. The summed E-state index contributed by atoms with van der Waals surface area (Å²) in [5.74, 6) is 0.425. The lowest BCUT2D eigenvalue weighted by atomic mass is 10.1. The zero-order chi connectivity index (χ0) is 16.2. The SMILES string of the molecule is COc1ccc(C(=O)C=Cc2cnc3ccccc3c2)cc1Cl. The van der Waals surface area contributed by atoms with Crippen molar-refractivity contribution >= 4 is 34.4 Å². The maximum atomic E-state index is 12.2. The molecule has 3 aromatic rings. The van der Waals surface area contributed by atoms with Crippen LogP contribution in [0.25, 0.3) is 17.0 Å². The molecule has 1 aromatic heterocycles. The van der Waals surface area contributed by atoms with Gasteiger partial charge >= 0.3 is 0 Å². The van der Waals surface area contributed by atoms with E-state index in [0.29, 0.717) is 16.3 Å². The van der Waals surface area contributed by atoms with Gasteiger partial charge in [0.1, 0.15) is 5.75 Å². The number of rotatable bonds is 4. The summed E-state index contributed by atoms with van der Waals surface area (Å²) in [5, 5.41) is 1.45. The minimum Gasteiger partial charge on any atom is -0.495 e. The number of methoxy groups -OCH3 is 1. The first kappa shape index (κ1) is 15.3. The van der Waals surface area contributed by atoms with Gasteiger partial charge in [-0.1, -0.05) is 29.8 Å². The summed E-state index contributed by atoms with van der Waals surface area (Å²) in [5.41, 5.74) is 2.32. The molecule has 3 nitrogen and oxygen atoms in total. The third kappa shape index (κ3) is 3.41. The molecule has 2 aromatic carbocycles. The highest BCUT2D eigenvalue weighted by Crippen LogP contribution is 2.25. The normalized spacial score (nSPS) is 11.0. The van der Waals surface area contributed by atoms with Crippen LogP contribution in [0.5, 0.6) is 5.75 Å². The van der Waals surface area contributed by atoms with Crippen LogP contribution in [0.3, 0.4) is 0 Å². The number of allylic oxidation sites excluding steroid dienone is 1. The van der Waals surface area contributed by atoms with Gasteiger partial charge in [0.05, 0.1) is 17.6 Å². The van der Waals surface area contributed by atoms with Gasteiger partial charge in [0.25, 0.3) is 0 Å². The number of aromatic nitrogens is 1. The molecule has 0 saturated carbocycles. The van der Waals surface area contributed by atoms with Gasteiger partial charge in [-0.2, -0.15) is 0 Å². The molecule has 114 valence electrons. The first-order valence-electron chi connectivity index (χ1n) is 7.08. The van der Waals surface area contributed by atoms with E-state index in [1.165, 1.54) is 13.2 Å². The number of nitrogens with zero attached hydrogens (tertiary/aromatic N) is 1. The first-order valence-corrected chi connectivity index (χ1v) is 7.46. The summed E-state index contributed by atoms with van der Waals surface area (Å²) in [7, 11) is 1.54. The van der Waals surface area contributed by atoms with Gasteiger partial charge in [-0.15, -0.1) is 0 Å². The number of carbonyl (C=O) groups is 1. The Morgan fingerprint density at radius 1 is 1.17 bits per heavy atom. The van der Waals surface area contributed by atoms with Crippen LogP contribution in [-0.4, -0.2) is 17.9 Å². The highest BCUT2D eigenvalue weighted by atomic mass is 35.5. The highest BCUT2D eigenvalue weighted by molar-refractivity contribution is 6.32. The van der Waals surface area contributed by atoms with E-state index in [2.05, 4.69) is 4.98 Å². The molecule has 0 fully saturated rings. The topological polar surface area (TPSA) is 39.2 Å². The second kappa shape index (κ2) is 6.63. The summed E-state index contributed by atoms with van der Waals surface area (Å²) >= 11 is 6.04. The van der Waals surface area contributed by atoms with Crippen molar-refractivity contribution in [2.45, 2.75) is 0 Å². The fraction of sp³-hybridized carbons (Fsp3) is 0.0526. The smallest absolute Gasteiger partial charge is 0.185 e. The molecule has 0 atom stereocenters. The number of ether oxygens (including phenoxy) is 1. The van der Waals surface area contributed by atoms with E-state index in [-0.39, 0.29) is 5.78 Å². The Balaban J connectivity index is 1.83. The Hall–Kier alpha value is -2.65. The van der Waals surface area contributed by atoms with Crippen molar-refractivity contribution in [3.05, 3.63) is 77.0 Å². The van der Waals surface area contributed by atoms with Gasteiger partial charge in [-0.3, -0.25) is 9.78 Å². The molecule has 23 heavy (non-hydrogen) atoms. The average molecular weight is 324 g/mol. The van der Waals surface area contributed by atoms with E-state index in [1.807, 2.05) is 30.3 Å². The predicted molar refractivity (Wildman–Crippen MR) is 93.1 cm³/mol. The first-order chi connectivity index (χ1) is 11.2. The fourth-order valence-corrected chi connectivity index (χ4v) is 2.52. The summed E-state index contributed by atoms with van der Waals surface area (Å²) in [6.07, 6.45) is 5.01. The van der Waals surface area contributed by atoms with Gasteiger partial charge < -0.3 is 4.74 Å². The zero-order valence-electron chi connectivity index (χ0n) is 12.5. The molecule has 0 saturated heterocycles. The molecule has 0 aliphatic rings. The van der Waals surface area contributed by atoms with Crippen LogP contribution in [0.4, 0.5) is 0 Å². The molecule has 1 heterocycles. The van der Waals surface area contributed by atoms with Gasteiger partial charge in [-0.25, -0.2) is 0 Å². The van der Waals surface area contributed by atoms with Crippen molar-refractivity contribution in [1.82, 2.24) is 4.98 Å². The third-order valence-corrected chi connectivity index (χ3v) is 3.77. The van der Waals surface area contributed by atoms with Crippen molar-refractivity contribution in [1.29, 1.82) is 0 Å². The van der Waals surface area contributed by atoms with Crippen molar-refractivity contribution in [2.75, 3.05) is 7.11 Å². The maximum Gasteiger partial charge on any atom is 0.185 e. The number of fused-ring (bicyclic) bond motifs is 1. The predicted octanol–water partition coefficient (Wildman–Crippen LogP) is 4.79. The Morgan fingerprint density at radius 2 is 2.00 bits per heavy atom. The standard InChI is InChI=1S/C19H14ClNO2/c1-23-19-9-7-15(11-16(19)20)18(22)8-6-13-10-14-4-2-3-5-17(14)21-12-13/h2-12H,1H3. The molecule has 0 aliphatic carbocycles. The van der Waals surface area contributed by atoms with E-state index in [1.54, 1.807) is 30.5 Å². The summed E-state index contributed by atoms with van der Waals surface area (Å²) < 4.78 is 5.08. The largest absolute Gasteiger partial charge is 0.495 e. The van der Waals surface area contributed by atoms with Crippen molar-refractivity contribution < 1.29 is 9.53 Å².